The Morgan fingerprint density at radius 3 is 2.00 bits per heavy atom. The lowest BCUT2D eigenvalue weighted by molar-refractivity contribution is 0.179. The summed E-state index contributed by atoms with van der Waals surface area (Å²) < 4.78 is 0. The van der Waals surface area contributed by atoms with Crippen molar-refractivity contribution < 1.29 is 0 Å². The van der Waals surface area contributed by atoms with Crippen molar-refractivity contribution in [2.45, 2.75) is 83.6 Å². The molecule has 1 heterocycles. The van der Waals surface area contributed by atoms with Crippen molar-refractivity contribution in [1.82, 2.24) is 10.6 Å². The number of hydrogen-bond donors (Lipinski definition) is 2. The maximum absolute atomic E-state index is 3.84. The predicted octanol–water partition coefficient (Wildman–Crippen LogP) is 4.06. The Balaban J connectivity index is 1.99. The minimum atomic E-state index is 0.396. The van der Waals surface area contributed by atoms with Gasteiger partial charge in [0.15, 0.2) is 0 Å². The van der Waals surface area contributed by atoms with E-state index in [0.717, 1.165) is 18.5 Å². The zero-order valence-corrected chi connectivity index (χ0v) is 13.1. The molecular weight excluding hydrogens is 232 g/mol. The molecule has 0 aromatic heterocycles. The number of rotatable bonds is 3. The first-order valence-electron chi connectivity index (χ1n) is 8.69. The summed E-state index contributed by atoms with van der Waals surface area (Å²) in [4.78, 5) is 0. The van der Waals surface area contributed by atoms with E-state index in [2.05, 4.69) is 24.5 Å². The van der Waals surface area contributed by atoms with Crippen LogP contribution in [0.15, 0.2) is 0 Å². The highest BCUT2D eigenvalue weighted by Gasteiger charge is 2.40. The molecule has 1 aliphatic heterocycles. The van der Waals surface area contributed by atoms with Crippen LogP contribution in [0.4, 0.5) is 0 Å². The third-order valence-corrected chi connectivity index (χ3v) is 5.17. The van der Waals surface area contributed by atoms with E-state index in [1.54, 1.807) is 0 Å². The zero-order chi connectivity index (χ0) is 13.6. The first kappa shape index (κ1) is 15.3. The lowest BCUT2D eigenvalue weighted by Gasteiger charge is -2.39. The Labute approximate surface area is 120 Å². The molecule has 1 saturated carbocycles. The maximum Gasteiger partial charge on any atom is 0.0459 e. The third kappa shape index (κ3) is 4.46. The molecule has 0 amide bonds. The van der Waals surface area contributed by atoms with Crippen LogP contribution in [0.1, 0.15) is 78.1 Å². The molecule has 0 bridgehead atoms. The van der Waals surface area contributed by atoms with Gasteiger partial charge in [0.25, 0.3) is 0 Å². The van der Waals surface area contributed by atoms with Crippen LogP contribution in [0.3, 0.4) is 0 Å². The monoisotopic (exact) mass is 266 g/mol. The fourth-order valence-electron chi connectivity index (χ4n) is 4.28. The van der Waals surface area contributed by atoms with Crippen molar-refractivity contribution in [3.63, 3.8) is 0 Å². The summed E-state index contributed by atoms with van der Waals surface area (Å²) in [5, 5.41) is 7.41. The van der Waals surface area contributed by atoms with Gasteiger partial charge in [-0.25, -0.2) is 0 Å². The van der Waals surface area contributed by atoms with E-state index in [1.165, 1.54) is 70.8 Å². The Bertz CT molecular complexity index is 234. The van der Waals surface area contributed by atoms with Crippen molar-refractivity contribution >= 4 is 0 Å². The van der Waals surface area contributed by atoms with Crippen LogP contribution in [0.5, 0.6) is 0 Å². The van der Waals surface area contributed by atoms with Gasteiger partial charge in [-0.1, -0.05) is 58.8 Å². The van der Waals surface area contributed by atoms with E-state index in [9.17, 15) is 0 Å². The first-order valence-corrected chi connectivity index (χ1v) is 8.69. The Morgan fingerprint density at radius 1 is 0.947 bits per heavy atom. The molecule has 0 radical (unpaired) electrons. The van der Waals surface area contributed by atoms with Gasteiger partial charge in [0.05, 0.1) is 0 Å². The van der Waals surface area contributed by atoms with E-state index in [4.69, 9.17) is 0 Å². The molecule has 1 unspecified atom stereocenters. The van der Waals surface area contributed by atoms with Crippen molar-refractivity contribution in [2.24, 2.45) is 11.8 Å². The molecule has 112 valence electrons. The molecule has 2 heteroatoms. The van der Waals surface area contributed by atoms with Crippen molar-refractivity contribution in [2.75, 3.05) is 13.2 Å². The van der Waals surface area contributed by atoms with E-state index >= 15 is 0 Å². The van der Waals surface area contributed by atoms with Crippen LogP contribution >= 0.6 is 0 Å². The molecule has 2 fully saturated rings. The van der Waals surface area contributed by atoms with Gasteiger partial charge in [0, 0.05) is 18.8 Å². The number of hydrogen-bond acceptors (Lipinski definition) is 2. The highest BCUT2D eigenvalue weighted by atomic mass is 15.2. The maximum atomic E-state index is 3.84. The minimum Gasteiger partial charge on any atom is -0.303 e. The first-order chi connectivity index (χ1) is 9.23. The van der Waals surface area contributed by atoms with Gasteiger partial charge in [-0.05, 0) is 31.1 Å². The van der Waals surface area contributed by atoms with Crippen LogP contribution in [-0.2, 0) is 0 Å². The van der Waals surface area contributed by atoms with E-state index in [1.807, 2.05) is 0 Å². The molecular formula is C17H34N2. The fourth-order valence-corrected chi connectivity index (χ4v) is 4.28. The summed E-state index contributed by atoms with van der Waals surface area (Å²) in [6.45, 7) is 6.96. The summed E-state index contributed by atoms with van der Waals surface area (Å²) in [5.74, 6) is 1.69. The van der Waals surface area contributed by atoms with E-state index < -0.39 is 0 Å². The van der Waals surface area contributed by atoms with Crippen LogP contribution < -0.4 is 10.6 Å². The molecule has 2 N–H and O–H groups in total. The predicted molar refractivity (Wildman–Crippen MR) is 83.2 cm³/mol. The van der Waals surface area contributed by atoms with Crippen LogP contribution in [0.2, 0.25) is 0 Å². The Morgan fingerprint density at radius 2 is 1.53 bits per heavy atom. The van der Waals surface area contributed by atoms with Gasteiger partial charge in [0.2, 0.25) is 0 Å². The third-order valence-electron chi connectivity index (χ3n) is 5.17. The molecule has 1 aliphatic carbocycles. The highest BCUT2D eigenvalue weighted by Crippen LogP contribution is 2.35. The smallest absolute Gasteiger partial charge is 0.0459 e. The molecule has 2 nitrogen and oxygen atoms in total. The largest absolute Gasteiger partial charge is 0.303 e. The second kappa shape index (κ2) is 7.64. The lowest BCUT2D eigenvalue weighted by atomic mass is 9.73. The van der Waals surface area contributed by atoms with Gasteiger partial charge in [-0.3, -0.25) is 5.32 Å². The molecule has 19 heavy (non-hydrogen) atoms. The summed E-state index contributed by atoms with van der Waals surface area (Å²) in [6.07, 6.45) is 14.5. The lowest BCUT2D eigenvalue weighted by Crippen LogP contribution is -2.50. The Kier molecular flexibility index (Phi) is 6.15. The topological polar surface area (TPSA) is 24.1 Å². The van der Waals surface area contributed by atoms with Gasteiger partial charge in [-0.15, -0.1) is 0 Å². The molecule has 0 aromatic rings. The van der Waals surface area contributed by atoms with Crippen LogP contribution in [-0.4, -0.2) is 18.8 Å². The number of nitrogens with one attached hydrogen (secondary N) is 2. The normalized spacial score (nSPS) is 31.7. The van der Waals surface area contributed by atoms with E-state index in [0.29, 0.717) is 5.54 Å². The van der Waals surface area contributed by atoms with Crippen molar-refractivity contribution in [1.29, 1.82) is 0 Å². The van der Waals surface area contributed by atoms with Crippen molar-refractivity contribution in [3.8, 4) is 0 Å². The van der Waals surface area contributed by atoms with Crippen LogP contribution in [0, 0.1) is 11.8 Å². The molecule has 1 atom stereocenters. The van der Waals surface area contributed by atoms with Gasteiger partial charge in [0.1, 0.15) is 0 Å². The standard InChI is InChI=1S/C17H34N2/c1-15(2)12-17(13-18-14-19-17)16-10-8-6-4-3-5-7-9-11-16/h15-16,18-19H,3-14H2,1-2H3. The molecule has 2 rings (SSSR count). The van der Waals surface area contributed by atoms with Crippen molar-refractivity contribution in [3.05, 3.63) is 0 Å². The Hall–Kier alpha value is -0.0800. The van der Waals surface area contributed by atoms with Gasteiger partial charge in [-0.2, -0.15) is 0 Å². The summed E-state index contributed by atoms with van der Waals surface area (Å²) in [7, 11) is 0. The quantitative estimate of drug-likeness (QED) is 0.805. The second-order valence-electron chi connectivity index (χ2n) is 7.28. The minimum absolute atomic E-state index is 0.396. The fraction of sp³-hybridized carbons (Fsp3) is 1.00. The molecule has 0 spiro atoms. The SMILES string of the molecule is CC(C)CC1(C2CCCCCCCCC2)CNCN1. The average Bonchev–Trinajstić information content (AvgIpc) is 2.84. The molecule has 2 aliphatic rings. The zero-order valence-electron chi connectivity index (χ0n) is 13.1. The molecule has 1 saturated heterocycles. The highest BCUT2D eigenvalue weighted by molar-refractivity contribution is 5.00. The van der Waals surface area contributed by atoms with Gasteiger partial charge < -0.3 is 5.32 Å². The van der Waals surface area contributed by atoms with Crippen LogP contribution in [0.25, 0.3) is 0 Å². The summed E-state index contributed by atoms with van der Waals surface area (Å²) in [6, 6.07) is 0. The summed E-state index contributed by atoms with van der Waals surface area (Å²) in [5.41, 5.74) is 0.396. The van der Waals surface area contributed by atoms with Gasteiger partial charge >= 0.3 is 0 Å². The average molecular weight is 266 g/mol. The van der Waals surface area contributed by atoms with E-state index in [-0.39, 0.29) is 0 Å². The molecule has 0 aromatic carbocycles. The second-order valence-corrected chi connectivity index (χ2v) is 7.28. The summed E-state index contributed by atoms with van der Waals surface area (Å²) >= 11 is 0.